The van der Waals surface area contributed by atoms with Gasteiger partial charge in [0.05, 0.1) is 0 Å². The van der Waals surface area contributed by atoms with E-state index >= 15 is 0 Å². The summed E-state index contributed by atoms with van der Waals surface area (Å²) in [7, 11) is 0. The first-order valence-corrected chi connectivity index (χ1v) is 7.32. The quantitative estimate of drug-likeness (QED) is 0.854. The van der Waals surface area contributed by atoms with Crippen molar-refractivity contribution < 1.29 is 9.47 Å². The van der Waals surface area contributed by atoms with Crippen LogP contribution in [0.25, 0.3) is 0 Å². The van der Waals surface area contributed by atoms with Gasteiger partial charge in [0, 0.05) is 6.04 Å². The van der Waals surface area contributed by atoms with Gasteiger partial charge in [0.1, 0.15) is 12.7 Å². The average molecular weight is 263 g/mol. The molecule has 1 heterocycles. The number of ether oxygens (including phenoxy) is 2. The molecule has 0 spiro atoms. The maximum Gasteiger partial charge on any atom is 0.161 e. The molecule has 0 saturated carbocycles. The van der Waals surface area contributed by atoms with Crippen LogP contribution in [0.3, 0.4) is 0 Å². The molecule has 1 aliphatic rings. The Morgan fingerprint density at radius 2 is 1.95 bits per heavy atom. The summed E-state index contributed by atoms with van der Waals surface area (Å²) in [6.45, 7) is 8.25. The van der Waals surface area contributed by atoms with Crippen LogP contribution in [0, 0.1) is 5.92 Å². The van der Waals surface area contributed by atoms with Gasteiger partial charge in [-0.15, -0.1) is 0 Å². The van der Waals surface area contributed by atoms with Gasteiger partial charge in [0.25, 0.3) is 0 Å². The molecule has 3 nitrogen and oxygen atoms in total. The van der Waals surface area contributed by atoms with Gasteiger partial charge in [-0.2, -0.15) is 0 Å². The molecule has 19 heavy (non-hydrogen) atoms. The Morgan fingerprint density at radius 1 is 1.21 bits per heavy atom. The van der Waals surface area contributed by atoms with Crippen LogP contribution in [0.2, 0.25) is 0 Å². The molecule has 1 aromatic carbocycles. The number of rotatable bonds is 6. The van der Waals surface area contributed by atoms with E-state index in [0.29, 0.717) is 12.6 Å². The van der Waals surface area contributed by atoms with Crippen LogP contribution in [-0.2, 0) is 0 Å². The second-order valence-corrected chi connectivity index (χ2v) is 5.55. The van der Waals surface area contributed by atoms with E-state index in [4.69, 9.17) is 9.47 Å². The van der Waals surface area contributed by atoms with Crippen molar-refractivity contribution in [2.45, 2.75) is 45.8 Å². The van der Waals surface area contributed by atoms with Crippen LogP contribution in [0.4, 0.5) is 0 Å². The van der Waals surface area contributed by atoms with Crippen LogP contribution >= 0.6 is 0 Å². The number of para-hydroxylation sites is 2. The van der Waals surface area contributed by atoms with Crippen LogP contribution in [0.1, 0.15) is 33.6 Å². The van der Waals surface area contributed by atoms with Gasteiger partial charge in [-0.05, 0) is 37.4 Å². The molecule has 0 amide bonds. The standard InChI is InChI=1S/C16H25NO2/c1-4-17-13(10-9-12(2)3)16-11-18-14-7-5-6-8-15(14)19-16/h5-8,12-13,16-17H,4,9-11H2,1-3H3. The summed E-state index contributed by atoms with van der Waals surface area (Å²) in [5, 5.41) is 3.53. The van der Waals surface area contributed by atoms with Crippen LogP contribution in [-0.4, -0.2) is 25.3 Å². The number of likely N-dealkylation sites (N-methyl/N-ethyl adjacent to an activating group) is 1. The van der Waals surface area contributed by atoms with Crippen LogP contribution in [0.5, 0.6) is 11.5 Å². The Hall–Kier alpha value is -1.22. The van der Waals surface area contributed by atoms with Crippen molar-refractivity contribution in [2.24, 2.45) is 5.92 Å². The minimum absolute atomic E-state index is 0.105. The summed E-state index contributed by atoms with van der Waals surface area (Å²) in [6.07, 6.45) is 2.44. The molecule has 0 fully saturated rings. The van der Waals surface area contributed by atoms with Gasteiger partial charge < -0.3 is 14.8 Å². The third-order valence-electron chi connectivity index (χ3n) is 3.50. The third-order valence-corrected chi connectivity index (χ3v) is 3.50. The lowest BCUT2D eigenvalue weighted by atomic mass is 9.99. The van der Waals surface area contributed by atoms with E-state index in [0.717, 1.165) is 30.4 Å². The summed E-state index contributed by atoms with van der Waals surface area (Å²) in [5.74, 6) is 2.45. The minimum Gasteiger partial charge on any atom is -0.486 e. The summed E-state index contributed by atoms with van der Waals surface area (Å²) in [4.78, 5) is 0. The molecule has 0 radical (unpaired) electrons. The Balaban J connectivity index is 1.99. The van der Waals surface area contributed by atoms with Crippen molar-refractivity contribution in [2.75, 3.05) is 13.2 Å². The monoisotopic (exact) mass is 263 g/mol. The highest BCUT2D eigenvalue weighted by molar-refractivity contribution is 5.40. The van der Waals surface area contributed by atoms with E-state index in [2.05, 4.69) is 26.1 Å². The Labute approximate surface area is 116 Å². The van der Waals surface area contributed by atoms with Crippen LogP contribution < -0.4 is 14.8 Å². The first kappa shape index (κ1) is 14.2. The lowest BCUT2D eigenvalue weighted by Gasteiger charge is -2.33. The van der Waals surface area contributed by atoms with Crippen molar-refractivity contribution in [1.82, 2.24) is 5.32 Å². The van der Waals surface area contributed by atoms with Gasteiger partial charge in [0.2, 0.25) is 0 Å². The highest BCUT2D eigenvalue weighted by Gasteiger charge is 2.28. The molecule has 1 aliphatic heterocycles. The van der Waals surface area contributed by atoms with Crippen LogP contribution in [0.15, 0.2) is 24.3 Å². The first-order chi connectivity index (χ1) is 9.20. The number of fused-ring (bicyclic) bond motifs is 1. The molecule has 2 unspecified atom stereocenters. The molecule has 0 aromatic heterocycles. The van der Waals surface area contributed by atoms with Gasteiger partial charge in [-0.1, -0.05) is 32.9 Å². The number of hydrogen-bond donors (Lipinski definition) is 1. The maximum absolute atomic E-state index is 6.09. The zero-order valence-corrected chi connectivity index (χ0v) is 12.2. The zero-order chi connectivity index (χ0) is 13.7. The number of nitrogens with one attached hydrogen (secondary N) is 1. The smallest absolute Gasteiger partial charge is 0.161 e. The molecule has 2 rings (SSSR count). The fraction of sp³-hybridized carbons (Fsp3) is 0.625. The molecule has 0 aliphatic carbocycles. The van der Waals surface area contributed by atoms with Gasteiger partial charge in [-0.25, -0.2) is 0 Å². The molecule has 1 N–H and O–H groups in total. The fourth-order valence-corrected chi connectivity index (χ4v) is 2.43. The lowest BCUT2D eigenvalue weighted by Crippen LogP contribution is -2.47. The SMILES string of the molecule is CCNC(CCC(C)C)C1COc2ccccc2O1. The first-order valence-electron chi connectivity index (χ1n) is 7.32. The topological polar surface area (TPSA) is 30.5 Å². The normalized spacial score (nSPS) is 19.5. The van der Waals surface area contributed by atoms with Gasteiger partial charge in [0.15, 0.2) is 11.5 Å². The third kappa shape index (κ3) is 3.87. The Kier molecular flexibility index (Phi) is 5.08. The predicted molar refractivity (Wildman–Crippen MR) is 77.9 cm³/mol. The van der Waals surface area contributed by atoms with Gasteiger partial charge >= 0.3 is 0 Å². The summed E-state index contributed by atoms with van der Waals surface area (Å²) >= 11 is 0. The molecule has 0 saturated heterocycles. The second-order valence-electron chi connectivity index (χ2n) is 5.55. The van der Waals surface area contributed by atoms with E-state index in [1.807, 2.05) is 24.3 Å². The maximum atomic E-state index is 6.09. The molecule has 1 aromatic rings. The summed E-state index contributed by atoms with van der Waals surface area (Å²) in [6, 6.07) is 8.26. The summed E-state index contributed by atoms with van der Waals surface area (Å²) in [5.41, 5.74) is 0. The minimum atomic E-state index is 0.105. The predicted octanol–water partition coefficient (Wildman–Crippen LogP) is 3.24. The second kappa shape index (κ2) is 6.80. The highest BCUT2D eigenvalue weighted by atomic mass is 16.6. The van der Waals surface area contributed by atoms with Crippen molar-refractivity contribution in [1.29, 1.82) is 0 Å². The molecule has 106 valence electrons. The van der Waals surface area contributed by atoms with E-state index in [-0.39, 0.29) is 6.10 Å². The number of hydrogen-bond acceptors (Lipinski definition) is 3. The fourth-order valence-electron chi connectivity index (χ4n) is 2.43. The van der Waals surface area contributed by atoms with Gasteiger partial charge in [-0.3, -0.25) is 0 Å². The lowest BCUT2D eigenvalue weighted by molar-refractivity contribution is 0.0584. The molecule has 3 heteroatoms. The van der Waals surface area contributed by atoms with Crippen molar-refractivity contribution in [3.05, 3.63) is 24.3 Å². The van der Waals surface area contributed by atoms with Crippen molar-refractivity contribution in [3.8, 4) is 11.5 Å². The van der Waals surface area contributed by atoms with E-state index < -0.39 is 0 Å². The highest BCUT2D eigenvalue weighted by Crippen LogP contribution is 2.32. The number of benzene rings is 1. The van der Waals surface area contributed by atoms with E-state index in [1.54, 1.807) is 0 Å². The molecule has 0 bridgehead atoms. The van der Waals surface area contributed by atoms with E-state index in [1.165, 1.54) is 6.42 Å². The largest absolute Gasteiger partial charge is 0.486 e. The van der Waals surface area contributed by atoms with Crippen molar-refractivity contribution >= 4 is 0 Å². The average Bonchev–Trinajstić information content (AvgIpc) is 2.42. The van der Waals surface area contributed by atoms with E-state index in [9.17, 15) is 0 Å². The summed E-state index contributed by atoms with van der Waals surface area (Å²) < 4.78 is 11.9. The molecule has 2 atom stereocenters. The Bertz CT molecular complexity index is 392. The Morgan fingerprint density at radius 3 is 2.63 bits per heavy atom. The molecular weight excluding hydrogens is 238 g/mol. The van der Waals surface area contributed by atoms with Crippen molar-refractivity contribution in [3.63, 3.8) is 0 Å². The molecular formula is C16H25NO2. The zero-order valence-electron chi connectivity index (χ0n) is 12.2.